The fourth-order valence-electron chi connectivity index (χ4n) is 7.93. The average molecular weight is 802 g/mol. The van der Waals surface area contributed by atoms with Crippen LogP contribution in [-0.2, 0) is 44.7 Å². The lowest BCUT2D eigenvalue weighted by molar-refractivity contribution is -0.157. The van der Waals surface area contributed by atoms with Gasteiger partial charge in [0, 0.05) is 59.2 Å². The molecule has 0 bridgehead atoms. The minimum Gasteiger partial charge on any atom is -0.459 e. The maximum Gasteiger partial charge on any atom is 0.333 e. The van der Waals surface area contributed by atoms with Crippen molar-refractivity contribution in [2.45, 2.75) is 114 Å². The van der Waals surface area contributed by atoms with E-state index in [2.05, 4.69) is 16.0 Å². The summed E-state index contributed by atoms with van der Waals surface area (Å²) in [4.78, 5) is 105. The topological polar surface area (TPSA) is 178 Å². The van der Waals surface area contributed by atoms with Crippen molar-refractivity contribution in [3.8, 4) is 0 Å². The van der Waals surface area contributed by atoms with Gasteiger partial charge in [0.15, 0.2) is 6.04 Å². The molecule has 2 aromatic rings. The molecule has 0 unspecified atom stereocenters. The number of cyclic esters (lactones) is 1. The number of ether oxygens (including phenoxy) is 1. The third-order valence-corrected chi connectivity index (χ3v) is 11.4. The van der Waals surface area contributed by atoms with Crippen molar-refractivity contribution in [1.82, 2.24) is 30.7 Å². The SMILES string of the molecule is CCCCN[C@@H]1C(=O)N[C@H](CC)C(=O)N2CCC[C@H]2C(=O)N(C)[C@@H](Cc2ccc(N(C)C)cc2)C(=O)N2CCC(=O)C[C@H]2C(=O)N[C@@H](c2ccccc2)C(=O)O[C@@H]1C. The number of carbonyl (C=O) groups excluding carboxylic acids is 7. The number of nitrogens with zero attached hydrogens (tertiary/aromatic N) is 4. The van der Waals surface area contributed by atoms with Gasteiger partial charge in [0.25, 0.3) is 0 Å². The van der Waals surface area contributed by atoms with Crippen LogP contribution in [0.25, 0.3) is 0 Å². The molecule has 3 fully saturated rings. The molecule has 3 saturated heterocycles. The molecule has 314 valence electrons. The van der Waals surface area contributed by atoms with Gasteiger partial charge in [-0.25, -0.2) is 4.79 Å². The molecule has 0 aromatic heterocycles. The highest BCUT2D eigenvalue weighted by molar-refractivity contribution is 5.99. The Labute approximate surface area is 341 Å². The molecule has 3 aliphatic rings. The molecule has 5 rings (SSSR count). The molecule has 0 aliphatic carbocycles. The van der Waals surface area contributed by atoms with E-state index < -0.39 is 77.9 Å². The average Bonchev–Trinajstić information content (AvgIpc) is 3.71. The van der Waals surface area contributed by atoms with Crippen LogP contribution in [0.5, 0.6) is 0 Å². The Morgan fingerprint density at radius 1 is 0.828 bits per heavy atom. The first-order valence-electron chi connectivity index (χ1n) is 20.5. The Balaban J connectivity index is 1.60. The highest BCUT2D eigenvalue weighted by Crippen LogP contribution is 2.27. The summed E-state index contributed by atoms with van der Waals surface area (Å²) in [7, 11) is 5.35. The van der Waals surface area contributed by atoms with Crippen LogP contribution in [0, 0.1) is 0 Å². The predicted octanol–water partition coefficient (Wildman–Crippen LogP) is 2.13. The van der Waals surface area contributed by atoms with Gasteiger partial charge in [-0.2, -0.15) is 0 Å². The summed E-state index contributed by atoms with van der Waals surface area (Å²) in [6, 6.07) is 9.29. The molecule has 7 atom stereocenters. The van der Waals surface area contributed by atoms with E-state index in [-0.39, 0.29) is 44.6 Å². The summed E-state index contributed by atoms with van der Waals surface area (Å²) in [6.07, 6.45) is 1.44. The molecule has 15 nitrogen and oxygen atoms in total. The van der Waals surface area contributed by atoms with Crippen molar-refractivity contribution in [2.75, 3.05) is 45.7 Å². The molecule has 15 heteroatoms. The number of hydrogen-bond donors (Lipinski definition) is 3. The lowest BCUT2D eigenvalue weighted by Crippen LogP contribution is -2.61. The van der Waals surface area contributed by atoms with E-state index in [1.54, 1.807) is 44.2 Å². The molecule has 5 amide bonds. The number of hydrogen-bond acceptors (Lipinski definition) is 10. The van der Waals surface area contributed by atoms with Crippen LogP contribution in [-0.4, -0.2) is 133 Å². The van der Waals surface area contributed by atoms with Gasteiger partial charge < -0.3 is 40.3 Å². The predicted molar refractivity (Wildman–Crippen MR) is 217 cm³/mol. The van der Waals surface area contributed by atoms with Crippen LogP contribution in [0.2, 0.25) is 0 Å². The first kappa shape index (κ1) is 43.8. The largest absolute Gasteiger partial charge is 0.459 e. The first-order chi connectivity index (χ1) is 27.7. The van der Waals surface area contributed by atoms with Crippen molar-refractivity contribution < 1.29 is 38.3 Å². The monoisotopic (exact) mass is 801 g/mol. The first-order valence-corrected chi connectivity index (χ1v) is 20.5. The van der Waals surface area contributed by atoms with Gasteiger partial charge in [0.05, 0.1) is 0 Å². The molecule has 0 saturated carbocycles. The zero-order chi connectivity index (χ0) is 42.1. The van der Waals surface area contributed by atoms with Gasteiger partial charge in [0.1, 0.15) is 42.1 Å². The van der Waals surface area contributed by atoms with Gasteiger partial charge in [-0.3, -0.25) is 28.8 Å². The third kappa shape index (κ3) is 10.2. The van der Waals surface area contributed by atoms with Crippen LogP contribution in [0.4, 0.5) is 5.69 Å². The van der Waals surface area contributed by atoms with Crippen molar-refractivity contribution in [3.05, 3.63) is 65.7 Å². The summed E-state index contributed by atoms with van der Waals surface area (Å²) in [5.41, 5.74) is 2.08. The maximum absolute atomic E-state index is 14.9. The van der Waals surface area contributed by atoms with Gasteiger partial charge in [-0.1, -0.05) is 62.7 Å². The molecule has 3 N–H and O–H groups in total. The van der Waals surface area contributed by atoms with Gasteiger partial charge in [0.2, 0.25) is 29.5 Å². The lowest BCUT2D eigenvalue weighted by Gasteiger charge is -2.40. The van der Waals surface area contributed by atoms with Crippen molar-refractivity contribution in [3.63, 3.8) is 0 Å². The van der Waals surface area contributed by atoms with Gasteiger partial charge >= 0.3 is 5.97 Å². The Morgan fingerprint density at radius 2 is 1.52 bits per heavy atom. The standard InChI is InChI=1S/C43H59N7O8/c1-7-9-22-44-36-27(3)58-43(57)37(29-14-11-10-12-15-29)46-38(52)34-26-31(51)21-24-50(34)42(56)35(25-28-17-19-30(20-18-28)47(4)5)48(6)41(55)33-16-13-23-49(33)40(54)32(8-2)45-39(36)53/h10-12,14-15,17-20,27,32-37,44H,7-9,13,16,21-26H2,1-6H3,(H,45,53)(H,46,52)/t27-,32-,33+,34+,35+,36+,37+/m1/s1. The van der Waals surface area contributed by atoms with Crippen molar-refractivity contribution in [1.29, 1.82) is 0 Å². The molecule has 0 spiro atoms. The normalized spacial score (nSPS) is 26.8. The summed E-state index contributed by atoms with van der Waals surface area (Å²) >= 11 is 0. The fourth-order valence-corrected chi connectivity index (χ4v) is 7.93. The Hall–Kier alpha value is -5.31. The summed E-state index contributed by atoms with van der Waals surface area (Å²) < 4.78 is 5.95. The number of rotatable bonds is 9. The summed E-state index contributed by atoms with van der Waals surface area (Å²) in [6.45, 7) is 5.97. The highest BCUT2D eigenvalue weighted by atomic mass is 16.5. The van der Waals surface area contributed by atoms with E-state index >= 15 is 0 Å². The number of esters is 1. The Kier molecular flexibility index (Phi) is 15.0. The van der Waals surface area contributed by atoms with E-state index in [4.69, 9.17) is 4.74 Å². The molecule has 58 heavy (non-hydrogen) atoms. The molecule has 0 radical (unpaired) electrons. The van der Waals surface area contributed by atoms with Crippen LogP contribution in [0.3, 0.4) is 0 Å². The molecular weight excluding hydrogens is 743 g/mol. The van der Waals surface area contributed by atoms with Gasteiger partial charge in [-0.05, 0) is 62.4 Å². The Morgan fingerprint density at radius 3 is 2.17 bits per heavy atom. The minimum absolute atomic E-state index is 0.00978. The number of anilines is 1. The molecule has 2 aromatic carbocycles. The quantitative estimate of drug-likeness (QED) is 0.252. The van der Waals surface area contributed by atoms with E-state index in [1.165, 1.54) is 21.7 Å². The summed E-state index contributed by atoms with van der Waals surface area (Å²) in [5, 5.41) is 8.83. The number of amides is 5. The maximum atomic E-state index is 14.9. The van der Waals surface area contributed by atoms with E-state index in [1.807, 2.05) is 50.2 Å². The summed E-state index contributed by atoms with van der Waals surface area (Å²) in [5.74, 6) is -3.80. The highest BCUT2D eigenvalue weighted by Gasteiger charge is 2.45. The fraction of sp³-hybridized carbons (Fsp3) is 0.558. The van der Waals surface area contributed by atoms with Crippen LogP contribution in [0.15, 0.2) is 54.6 Å². The number of nitrogens with one attached hydrogen (secondary N) is 3. The molecule has 3 heterocycles. The van der Waals surface area contributed by atoms with Crippen LogP contribution in [0.1, 0.15) is 82.9 Å². The van der Waals surface area contributed by atoms with Crippen LogP contribution < -0.4 is 20.9 Å². The minimum atomic E-state index is -1.36. The number of ketones is 1. The number of carbonyl (C=O) groups is 7. The second-order valence-corrected chi connectivity index (χ2v) is 15.7. The van der Waals surface area contributed by atoms with E-state index in [9.17, 15) is 33.6 Å². The molecule has 3 aliphatic heterocycles. The number of likely N-dealkylation sites (N-methyl/N-ethyl adjacent to an activating group) is 1. The van der Waals surface area contributed by atoms with Crippen molar-refractivity contribution in [2.24, 2.45) is 0 Å². The molecular formula is C43H59N7O8. The van der Waals surface area contributed by atoms with E-state index in [0.717, 1.165) is 24.1 Å². The number of unbranched alkanes of at least 4 members (excludes halogenated alkanes) is 1. The third-order valence-electron chi connectivity index (χ3n) is 11.4. The number of benzene rings is 2. The second kappa shape index (κ2) is 19.9. The lowest BCUT2D eigenvalue weighted by atomic mass is 9.95. The number of fused-ring (bicyclic) bond motifs is 2. The number of Topliss-reactive ketones (excluding diaryl/α,β-unsaturated/α-hetero) is 1. The Bertz CT molecular complexity index is 1810. The number of piperidine rings is 1. The zero-order valence-electron chi connectivity index (χ0n) is 34.6. The van der Waals surface area contributed by atoms with Crippen molar-refractivity contribution >= 4 is 47.0 Å². The van der Waals surface area contributed by atoms with Gasteiger partial charge in [-0.15, -0.1) is 0 Å². The smallest absolute Gasteiger partial charge is 0.333 e. The van der Waals surface area contributed by atoms with E-state index in [0.29, 0.717) is 24.9 Å². The van der Waals surface area contributed by atoms with Crippen LogP contribution >= 0.6 is 0 Å². The zero-order valence-corrected chi connectivity index (χ0v) is 34.6. The second-order valence-electron chi connectivity index (χ2n) is 15.7.